The van der Waals surface area contributed by atoms with Crippen molar-refractivity contribution < 1.29 is 9.53 Å². The normalized spacial score (nSPS) is 8.90. The molecule has 0 aliphatic carbocycles. The van der Waals surface area contributed by atoms with Crippen molar-refractivity contribution in [2.45, 2.75) is 0 Å². The molecule has 52 valence electrons. The second-order valence-corrected chi connectivity index (χ2v) is 1.86. The Morgan fingerprint density at radius 3 is 2.40 bits per heavy atom. The summed E-state index contributed by atoms with van der Waals surface area (Å²) in [5.74, 6) is -0.291. The van der Waals surface area contributed by atoms with E-state index < -0.39 is 0 Å². The third-order valence-corrected chi connectivity index (χ3v) is 1.19. The van der Waals surface area contributed by atoms with Gasteiger partial charge in [0.05, 0.1) is 12.7 Å². The maximum Gasteiger partial charge on any atom is 0.337 e. The van der Waals surface area contributed by atoms with Gasteiger partial charge in [-0.25, -0.2) is 4.79 Å². The standard InChI is InChI=1S/C8H8O2/c1-10-8(9)7-5-3-2-4-6-7/h2-6H,1H3/i8+2. The molecule has 2 heteroatoms. The predicted molar refractivity (Wildman–Crippen MR) is 37.8 cm³/mol. The van der Waals surface area contributed by atoms with Crippen LogP contribution in [0, 0.1) is 0 Å². The Balaban J connectivity index is 2.85. The van der Waals surface area contributed by atoms with Crippen molar-refractivity contribution >= 4 is 5.97 Å². The first-order valence-electron chi connectivity index (χ1n) is 2.98. The van der Waals surface area contributed by atoms with E-state index in [0.29, 0.717) is 5.56 Å². The van der Waals surface area contributed by atoms with Gasteiger partial charge in [-0.15, -0.1) is 0 Å². The second kappa shape index (κ2) is 3.01. The van der Waals surface area contributed by atoms with Crippen LogP contribution in [0.25, 0.3) is 0 Å². The van der Waals surface area contributed by atoms with Crippen molar-refractivity contribution in [1.29, 1.82) is 0 Å². The van der Waals surface area contributed by atoms with Gasteiger partial charge in [0.15, 0.2) is 0 Å². The molecule has 0 fully saturated rings. The van der Waals surface area contributed by atoms with Crippen molar-refractivity contribution in [3.63, 3.8) is 0 Å². The number of hydrogen-bond acceptors (Lipinski definition) is 2. The average molecular weight is 138 g/mol. The molecule has 0 aliphatic heterocycles. The average Bonchev–Trinajstić information content (AvgIpc) is 2.05. The number of rotatable bonds is 1. The summed E-state index contributed by atoms with van der Waals surface area (Å²) in [5.41, 5.74) is 0.588. The van der Waals surface area contributed by atoms with Crippen LogP contribution in [0.5, 0.6) is 0 Å². The van der Waals surface area contributed by atoms with Gasteiger partial charge in [-0.1, -0.05) is 18.2 Å². The number of carbonyl (C=O) groups excluding carboxylic acids is 1. The Morgan fingerprint density at radius 2 is 1.90 bits per heavy atom. The van der Waals surface area contributed by atoms with Crippen LogP contribution in [-0.2, 0) is 4.74 Å². The third-order valence-electron chi connectivity index (χ3n) is 1.19. The zero-order valence-corrected chi connectivity index (χ0v) is 5.70. The van der Waals surface area contributed by atoms with Crippen LogP contribution in [-0.4, -0.2) is 13.1 Å². The summed E-state index contributed by atoms with van der Waals surface area (Å²) in [7, 11) is 1.37. The quantitative estimate of drug-likeness (QED) is 0.549. The Labute approximate surface area is 59.4 Å². The lowest BCUT2D eigenvalue weighted by Gasteiger charge is -1.95. The Morgan fingerprint density at radius 1 is 1.30 bits per heavy atom. The molecule has 0 aliphatic rings. The van der Waals surface area contributed by atoms with E-state index in [1.54, 1.807) is 24.3 Å². The molecule has 0 N–H and O–H groups in total. The lowest BCUT2D eigenvalue weighted by Crippen LogP contribution is -1.99. The first kappa shape index (κ1) is 6.81. The minimum absolute atomic E-state index is 0.291. The molecule has 1 rings (SSSR count). The number of esters is 1. The van der Waals surface area contributed by atoms with Crippen LogP contribution < -0.4 is 0 Å². The molecule has 0 bridgehead atoms. The SMILES string of the molecule is CO[14C](=O)c1ccccc1. The van der Waals surface area contributed by atoms with Gasteiger partial charge in [0.2, 0.25) is 0 Å². The summed E-state index contributed by atoms with van der Waals surface area (Å²) in [6.07, 6.45) is 0. The van der Waals surface area contributed by atoms with Gasteiger partial charge in [-0.2, -0.15) is 0 Å². The van der Waals surface area contributed by atoms with Crippen molar-refractivity contribution in [1.82, 2.24) is 0 Å². The molecule has 0 saturated heterocycles. The Kier molecular flexibility index (Phi) is 2.05. The summed E-state index contributed by atoms with van der Waals surface area (Å²) >= 11 is 0. The van der Waals surface area contributed by atoms with Crippen LogP contribution >= 0.6 is 0 Å². The summed E-state index contributed by atoms with van der Waals surface area (Å²) in [6, 6.07) is 8.88. The molecule has 1 aromatic rings. The number of carbonyl (C=O) groups is 1. The van der Waals surface area contributed by atoms with E-state index in [9.17, 15) is 4.79 Å². The molecule has 0 radical (unpaired) electrons. The van der Waals surface area contributed by atoms with E-state index >= 15 is 0 Å². The highest BCUT2D eigenvalue weighted by molar-refractivity contribution is 5.89. The van der Waals surface area contributed by atoms with E-state index in [2.05, 4.69) is 4.74 Å². The lowest BCUT2D eigenvalue weighted by atomic mass is 10.3. The number of benzene rings is 1. The predicted octanol–water partition coefficient (Wildman–Crippen LogP) is 1.47. The smallest absolute Gasteiger partial charge is 0.337 e. The van der Waals surface area contributed by atoms with E-state index in [4.69, 9.17) is 0 Å². The molecule has 0 saturated carbocycles. The second-order valence-electron chi connectivity index (χ2n) is 1.86. The molecular formula is C8H8O2. The highest BCUT2D eigenvalue weighted by atomic mass is 16.8. The molecule has 0 amide bonds. The molecule has 0 atom stereocenters. The fourth-order valence-corrected chi connectivity index (χ4v) is 0.692. The Hall–Kier alpha value is -1.31. The van der Waals surface area contributed by atoms with Gasteiger partial charge in [-0.3, -0.25) is 0 Å². The zero-order chi connectivity index (χ0) is 7.40. The van der Waals surface area contributed by atoms with Crippen molar-refractivity contribution in [3.05, 3.63) is 35.9 Å². The molecule has 2 nitrogen and oxygen atoms in total. The maximum atomic E-state index is 10.8. The molecule has 0 unspecified atom stereocenters. The lowest BCUT2D eigenvalue weighted by molar-refractivity contribution is 0.0601. The summed E-state index contributed by atoms with van der Waals surface area (Å²) in [5, 5.41) is 0. The largest absolute Gasteiger partial charge is 0.465 e. The fraction of sp³-hybridized carbons (Fsp3) is 0.125. The highest BCUT2D eigenvalue weighted by Gasteiger charge is 2.00. The topological polar surface area (TPSA) is 26.3 Å². The third kappa shape index (κ3) is 1.35. The summed E-state index contributed by atoms with van der Waals surface area (Å²) in [6.45, 7) is 0. The minimum atomic E-state index is -0.291. The Bertz CT molecular complexity index is 216. The highest BCUT2D eigenvalue weighted by Crippen LogP contribution is 1.98. The van der Waals surface area contributed by atoms with Gasteiger partial charge in [0, 0.05) is 0 Å². The molecule has 0 aromatic heterocycles. The molecular weight excluding hydrogens is 130 g/mol. The van der Waals surface area contributed by atoms with Crippen LogP contribution in [0.4, 0.5) is 0 Å². The molecule has 1 aromatic carbocycles. The monoisotopic (exact) mass is 138 g/mol. The van der Waals surface area contributed by atoms with Crippen molar-refractivity contribution in [2.24, 2.45) is 0 Å². The maximum absolute atomic E-state index is 10.8. The summed E-state index contributed by atoms with van der Waals surface area (Å²) in [4.78, 5) is 10.8. The zero-order valence-electron chi connectivity index (χ0n) is 5.70. The van der Waals surface area contributed by atoms with E-state index in [0.717, 1.165) is 0 Å². The van der Waals surface area contributed by atoms with Gasteiger partial charge < -0.3 is 4.74 Å². The molecule has 0 spiro atoms. The van der Waals surface area contributed by atoms with Gasteiger partial charge >= 0.3 is 5.97 Å². The van der Waals surface area contributed by atoms with Crippen molar-refractivity contribution in [3.8, 4) is 0 Å². The molecule has 10 heavy (non-hydrogen) atoms. The van der Waals surface area contributed by atoms with E-state index in [-0.39, 0.29) is 5.97 Å². The first-order chi connectivity index (χ1) is 4.84. The van der Waals surface area contributed by atoms with Crippen LogP contribution in [0.3, 0.4) is 0 Å². The van der Waals surface area contributed by atoms with Crippen molar-refractivity contribution in [2.75, 3.05) is 7.11 Å². The van der Waals surface area contributed by atoms with Crippen LogP contribution in [0.15, 0.2) is 30.3 Å². The van der Waals surface area contributed by atoms with Gasteiger partial charge in [0.25, 0.3) is 0 Å². The molecule has 0 heterocycles. The van der Waals surface area contributed by atoms with E-state index in [1.165, 1.54) is 7.11 Å². The number of methoxy groups -OCH3 is 1. The number of hydrogen-bond donors (Lipinski definition) is 0. The number of ether oxygens (including phenoxy) is 1. The van der Waals surface area contributed by atoms with Crippen LogP contribution in [0.1, 0.15) is 10.4 Å². The minimum Gasteiger partial charge on any atom is -0.465 e. The van der Waals surface area contributed by atoms with E-state index in [1.807, 2.05) is 6.07 Å². The first-order valence-corrected chi connectivity index (χ1v) is 2.98. The fourth-order valence-electron chi connectivity index (χ4n) is 0.692. The van der Waals surface area contributed by atoms with Gasteiger partial charge in [-0.05, 0) is 12.1 Å². The summed E-state index contributed by atoms with van der Waals surface area (Å²) < 4.78 is 4.50. The van der Waals surface area contributed by atoms with Crippen LogP contribution in [0.2, 0.25) is 0 Å². The van der Waals surface area contributed by atoms with Gasteiger partial charge in [0.1, 0.15) is 0 Å².